The maximum absolute atomic E-state index is 11.8. The van der Waals surface area contributed by atoms with E-state index in [9.17, 15) is 4.79 Å². The molecule has 31 heavy (non-hydrogen) atoms. The zero-order valence-corrected chi connectivity index (χ0v) is 17.8. The van der Waals surface area contributed by atoms with E-state index in [0.717, 1.165) is 42.1 Å². The van der Waals surface area contributed by atoms with Crippen molar-refractivity contribution >= 4 is 12.2 Å². The van der Waals surface area contributed by atoms with Crippen molar-refractivity contribution in [1.82, 2.24) is 24.8 Å². The number of hydrogen-bond donors (Lipinski definition) is 1. The molecule has 0 bridgehead atoms. The number of cyclic esters (lactones) is 1. The number of carbonyl (C=O) groups excluding carboxylic acids is 1. The summed E-state index contributed by atoms with van der Waals surface area (Å²) in [6, 6.07) is 6.18. The lowest BCUT2D eigenvalue weighted by Gasteiger charge is -2.33. The van der Waals surface area contributed by atoms with Crippen LogP contribution < -0.4 is 10.2 Å². The van der Waals surface area contributed by atoms with Crippen molar-refractivity contribution in [1.29, 1.82) is 0 Å². The van der Waals surface area contributed by atoms with E-state index in [1.807, 2.05) is 29.8 Å². The summed E-state index contributed by atoms with van der Waals surface area (Å²) in [6.45, 7) is 4.45. The van der Waals surface area contributed by atoms with E-state index in [1.165, 1.54) is 5.57 Å². The molecule has 3 aliphatic rings. The Hall–Kier alpha value is -2.88. The molecule has 0 spiro atoms. The molecule has 2 atom stereocenters. The standard InChI is InChI=1S/C22H27N5O4/c1-15-12-26(14-23-15)18-6-5-16(11-19(18)29-2)10-17-4-3-7-27-20(31-24-21(17)27)13-25-8-9-30-22(25)28/h5-6,10-12,14,20-21,24H,3-4,7-9,13H2,1-2H3/b17-10+/t20-,21?/m0/s1. The molecule has 0 aliphatic carbocycles. The number of piperidine rings is 1. The Morgan fingerprint density at radius 1 is 1.35 bits per heavy atom. The van der Waals surface area contributed by atoms with E-state index in [4.69, 9.17) is 14.3 Å². The van der Waals surface area contributed by atoms with Gasteiger partial charge in [-0.05, 0) is 43.0 Å². The largest absolute Gasteiger partial charge is 0.495 e. The summed E-state index contributed by atoms with van der Waals surface area (Å²) < 4.78 is 12.7. The van der Waals surface area contributed by atoms with E-state index in [2.05, 4.69) is 27.5 Å². The molecule has 164 valence electrons. The van der Waals surface area contributed by atoms with Gasteiger partial charge in [0.15, 0.2) is 6.23 Å². The highest BCUT2D eigenvalue weighted by molar-refractivity contribution is 5.69. The first-order valence-electron chi connectivity index (χ1n) is 10.6. The number of aryl methyl sites for hydroxylation is 1. The predicted octanol–water partition coefficient (Wildman–Crippen LogP) is 2.31. The van der Waals surface area contributed by atoms with Crippen molar-refractivity contribution in [3.05, 3.63) is 47.6 Å². The quantitative estimate of drug-likeness (QED) is 0.787. The highest BCUT2D eigenvalue weighted by Crippen LogP contribution is 2.31. The molecule has 1 unspecified atom stereocenters. The van der Waals surface area contributed by atoms with Crippen molar-refractivity contribution in [2.45, 2.75) is 32.2 Å². The van der Waals surface area contributed by atoms with Crippen LogP contribution in [0.4, 0.5) is 4.79 Å². The number of hydrogen-bond acceptors (Lipinski definition) is 7. The van der Waals surface area contributed by atoms with Crippen LogP contribution in [0.25, 0.3) is 11.8 Å². The Bertz CT molecular complexity index is 1000. The number of amides is 1. The molecular formula is C22H27N5O4. The van der Waals surface area contributed by atoms with Crippen LogP contribution in [0, 0.1) is 6.92 Å². The number of rotatable bonds is 5. The highest BCUT2D eigenvalue weighted by atomic mass is 16.7. The third kappa shape index (κ3) is 3.91. The first-order chi connectivity index (χ1) is 15.1. The van der Waals surface area contributed by atoms with Crippen molar-refractivity contribution in [2.24, 2.45) is 0 Å². The lowest BCUT2D eigenvalue weighted by molar-refractivity contribution is -0.0228. The third-order valence-corrected chi connectivity index (χ3v) is 6.02. The number of benzene rings is 1. The maximum Gasteiger partial charge on any atom is 0.410 e. The van der Waals surface area contributed by atoms with Crippen LogP contribution in [-0.4, -0.2) is 71.2 Å². The number of nitrogens with zero attached hydrogens (tertiary/aromatic N) is 4. The summed E-state index contributed by atoms with van der Waals surface area (Å²) in [6.07, 6.45) is 7.55. The van der Waals surface area contributed by atoms with Crippen molar-refractivity contribution in [2.75, 3.05) is 33.4 Å². The van der Waals surface area contributed by atoms with Gasteiger partial charge in [0.2, 0.25) is 0 Å². The third-order valence-electron chi connectivity index (χ3n) is 6.02. The lowest BCUT2D eigenvalue weighted by atomic mass is 9.98. The smallest absolute Gasteiger partial charge is 0.410 e. The molecule has 2 aromatic rings. The minimum atomic E-state index is -0.264. The molecule has 0 saturated carbocycles. The molecule has 1 aromatic carbocycles. The molecule has 3 saturated heterocycles. The number of aromatic nitrogens is 2. The van der Waals surface area contributed by atoms with E-state index in [0.29, 0.717) is 19.7 Å². The van der Waals surface area contributed by atoms with Gasteiger partial charge in [-0.1, -0.05) is 12.1 Å². The second-order valence-electron chi connectivity index (χ2n) is 8.07. The van der Waals surface area contributed by atoms with Gasteiger partial charge < -0.3 is 18.9 Å². The summed E-state index contributed by atoms with van der Waals surface area (Å²) >= 11 is 0. The number of imidazole rings is 1. The zero-order valence-electron chi connectivity index (χ0n) is 17.8. The summed E-state index contributed by atoms with van der Waals surface area (Å²) in [5.74, 6) is 0.792. The van der Waals surface area contributed by atoms with E-state index in [1.54, 1.807) is 18.3 Å². The second kappa shape index (κ2) is 8.33. The molecule has 3 fully saturated rings. The molecule has 4 heterocycles. The molecular weight excluding hydrogens is 398 g/mol. The average Bonchev–Trinajstić information content (AvgIpc) is 3.50. The molecule has 9 nitrogen and oxygen atoms in total. The van der Waals surface area contributed by atoms with Crippen LogP contribution in [-0.2, 0) is 9.57 Å². The van der Waals surface area contributed by atoms with Gasteiger partial charge in [0, 0.05) is 12.7 Å². The van der Waals surface area contributed by atoms with E-state index < -0.39 is 0 Å². The van der Waals surface area contributed by atoms with Gasteiger partial charge in [-0.3, -0.25) is 9.74 Å². The number of fused-ring (bicyclic) bond motifs is 1. The van der Waals surface area contributed by atoms with Gasteiger partial charge in [-0.15, -0.1) is 0 Å². The number of ether oxygens (including phenoxy) is 2. The van der Waals surface area contributed by atoms with Crippen LogP contribution in [0.1, 0.15) is 24.1 Å². The summed E-state index contributed by atoms with van der Waals surface area (Å²) in [4.78, 5) is 25.9. The van der Waals surface area contributed by atoms with Gasteiger partial charge in [0.05, 0.1) is 37.9 Å². The fourth-order valence-corrected chi connectivity index (χ4v) is 4.45. The van der Waals surface area contributed by atoms with Gasteiger partial charge in [-0.25, -0.2) is 9.78 Å². The van der Waals surface area contributed by atoms with Gasteiger partial charge in [0.25, 0.3) is 0 Å². The molecule has 1 amide bonds. The van der Waals surface area contributed by atoms with Gasteiger partial charge in [0.1, 0.15) is 18.5 Å². The molecule has 1 aromatic heterocycles. The fourth-order valence-electron chi connectivity index (χ4n) is 4.45. The Kier molecular flexibility index (Phi) is 5.39. The summed E-state index contributed by atoms with van der Waals surface area (Å²) in [5.41, 5.74) is 7.41. The lowest BCUT2D eigenvalue weighted by Crippen LogP contribution is -2.47. The first kappa shape index (κ1) is 20.0. The van der Waals surface area contributed by atoms with Gasteiger partial charge >= 0.3 is 6.09 Å². The fraction of sp³-hybridized carbons (Fsp3) is 0.455. The van der Waals surface area contributed by atoms with Crippen LogP contribution in [0.2, 0.25) is 0 Å². The Morgan fingerprint density at radius 2 is 2.26 bits per heavy atom. The maximum atomic E-state index is 11.8. The number of hydroxylamine groups is 1. The normalized spacial score (nSPS) is 25.2. The van der Waals surface area contributed by atoms with E-state index in [-0.39, 0.29) is 18.5 Å². The van der Waals surface area contributed by atoms with Gasteiger partial charge in [-0.2, -0.15) is 5.48 Å². The van der Waals surface area contributed by atoms with Crippen LogP contribution in [0.15, 0.2) is 36.3 Å². The summed E-state index contributed by atoms with van der Waals surface area (Å²) in [5, 5.41) is 0. The monoisotopic (exact) mass is 425 g/mol. The predicted molar refractivity (Wildman–Crippen MR) is 113 cm³/mol. The molecule has 3 aliphatic heterocycles. The molecule has 5 rings (SSSR count). The van der Waals surface area contributed by atoms with Crippen molar-refractivity contribution < 1.29 is 19.1 Å². The van der Waals surface area contributed by atoms with Crippen molar-refractivity contribution in [3.63, 3.8) is 0 Å². The summed E-state index contributed by atoms with van der Waals surface area (Å²) in [7, 11) is 1.68. The van der Waals surface area contributed by atoms with Crippen LogP contribution in [0.5, 0.6) is 5.75 Å². The second-order valence-corrected chi connectivity index (χ2v) is 8.07. The highest BCUT2D eigenvalue weighted by Gasteiger charge is 2.40. The first-order valence-corrected chi connectivity index (χ1v) is 10.6. The number of methoxy groups -OCH3 is 1. The zero-order chi connectivity index (χ0) is 21.4. The molecule has 9 heteroatoms. The Labute approximate surface area is 181 Å². The van der Waals surface area contributed by atoms with Crippen LogP contribution in [0.3, 0.4) is 0 Å². The topological polar surface area (TPSA) is 81.1 Å². The minimum Gasteiger partial charge on any atom is -0.495 e. The van der Waals surface area contributed by atoms with Crippen LogP contribution >= 0.6 is 0 Å². The average molecular weight is 425 g/mol. The minimum absolute atomic E-state index is 0.000608. The van der Waals surface area contributed by atoms with Crippen molar-refractivity contribution in [3.8, 4) is 11.4 Å². The SMILES string of the molecule is COc1cc(/C=C2\CCCN3C2NO[C@H]3CN2CCOC2=O)ccc1-n1cnc(C)c1. The van der Waals surface area contributed by atoms with E-state index >= 15 is 0 Å². The number of nitrogens with one attached hydrogen (secondary N) is 1. The number of carbonyl (C=O) groups is 1. The molecule has 0 radical (unpaired) electrons. The molecule has 1 N–H and O–H groups in total. The Morgan fingerprint density at radius 3 is 3.00 bits per heavy atom. The Balaban J connectivity index is 1.35.